The molecule has 5 rings (SSSR count). The minimum atomic E-state index is -0.643. The Morgan fingerprint density at radius 1 is 1.05 bits per heavy atom. The number of methoxy groups -OCH3 is 1. The van der Waals surface area contributed by atoms with E-state index in [9.17, 15) is 9.59 Å². The molecule has 1 aliphatic heterocycles. The van der Waals surface area contributed by atoms with Crippen molar-refractivity contribution < 1.29 is 19.0 Å². The van der Waals surface area contributed by atoms with Crippen LogP contribution in [0, 0.1) is 17.4 Å². The highest BCUT2D eigenvalue weighted by atomic mass is 127. The number of hydrogen-bond donors (Lipinski definition) is 0. The van der Waals surface area contributed by atoms with Gasteiger partial charge in [-0.3, -0.25) is 9.36 Å². The van der Waals surface area contributed by atoms with Gasteiger partial charge in [0.15, 0.2) is 16.3 Å². The van der Waals surface area contributed by atoms with E-state index in [2.05, 4.69) is 46.6 Å². The number of allylic oxidation sites excluding steroid dienone is 1. The minimum absolute atomic E-state index is 0.228. The molecule has 4 aromatic rings. The largest absolute Gasteiger partial charge is 0.493 e. The van der Waals surface area contributed by atoms with Crippen LogP contribution in [0.5, 0.6) is 11.5 Å². The zero-order valence-corrected chi connectivity index (χ0v) is 27.0. The lowest BCUT2D eigenvalue weighted by Gasteiger charge is -2.24. The molecule has 216 valence electrons. The zero-order chi connectivity index (χ0) is 30.0. The first-order chi connectivity index (χ1) is 20.2. The van der Waals surface area contributed by atoms with E-state index in [4.69, 9.17) is 14.2 Å². The van der Waals surface area contributed by atoms with Gasteiger partial charge in [-0.1, -0.05) is 71.0 Å². The van der Waals surface area contributed by atoms with Crippen LogP contribution in [0.3, 0.4) is 0 Å². The predicted octanol–water partition coefficient (Wildman–Crippen LogP) is 5.61. The van der Waals surface area contributed by atoms with Crippen LogP contribution >= 0.6 is 33.9 Å². The van der Waals surface area contributed by atoms with E-state index >= 15 is 0 Å². The highest BCUT2D eigenvalue weighted by Crippen LogP contribution is 2.35. The molecule has 0 unspecified atom stereocenters. The Morgan fingerprint density at radius 2 is 1.71 bits per heavy atom. The van der Waals surface area contributed by atoms with Gasteiger partial charge in [-0.05, 0) is 85.2 Å². The lowest BCUT2D eigenvalue weighted by Crippen LogP contribution is -2.39. The van der Waals surface area contributed by atoms with Crippen LogP contribution in [-0.4, -0.2) is 24.3 Å². The number of thiazole rings is 1. The normalized spacial score (nSPS) is 14.8. The molecule has 0 fully saturated rings. The van der Waals surface area contributed by atoms with E-state index in [0.29, 0.717) is 38.7 Å². The number of halogens is 1. The molecule has 1 atom stereocenters. The van der Waals surface area contributed by atoms with E-state index in [1.165, 1.54) is 16.9 Å². The maximum absolute atomic E-state index is 13.9. The Hall–Kier alpha value is -3.70. The van der Waals surface area contributed by atoms with Crippen LogP contribution in [0.4, 0.5) is 0 Å². The van der Waals surface area contributed by atoms with Gasteiger partial charge in [-0.15, -0.1) is 0 Å². The molecule has 0 saturated heterocycles. The topological polar surface area (TPSA) is 79.1 Å². The minimum Gasteiger partial charge on any atom is -0.493 e. The van der Waals surface area contributed by atoms with Gasteiger partial charge in [-0.2, -0.15) is 0 Å². The van der Waals surface area contributed by atoms with Crippen molar-refractivity contribution in [2.45, 2.75) is 40.3 Å². The summed E-state index contributed by atoms with van der Waals surface area (Å²) >= 11 is 3.51. The Balaban J connectivity index is 1.56. The number of esters is 1. The number of ether oxygens (including phenoxy) is 3. The fraction of sp³-hybridized carbons (Fsp3) is 0.242. The van der Waals surface area contributed by atoms with Crippen molar-refractivity contribution in [1.29, 1.82) is 0 Å². The predicted molar refractivity (Wildman–Crippen MR) is 173 cm³/mol. The Morgan fingerprint density at radius 3 is 2.36 bits per heavy atom. The average molecular weight is 695 g/mol. The van der Waals surface area contributed by atoms with Crippen LogP contribution < -0.4 is 24.4 Å². The molecule has 2 heterocycles. The first-order valence-corrected chi connectivity index (χ1v) is 15.4. The maximum atomic E-state index is 13.9. The molecule has 0 radical (unpaired) electrons. The molecule has 1 aliphatic rings. The number of benzene rings is 3. The average Bonchev–Trinajstić information content (AvgIpc) is 3.26. The second-order valence-corrected chi connectivity index (χ2v) is 12.2. The van der Waals surface area contributed by atoms with Crippen molar-refractivity contribution in [3.05, 3.63) is 123 Å². The van der Waals surface area contributed by atoms with Crippen LogP contribution in [0.2, 0.25) is 0 Å². The number of rotatable bonds is 8. The molecule has 42 heavy (non-hydrogen) atoms. The summed E-state index contributed by atoms with van der Waals surface area (Å²) < 4.78 is 20.2. The fourth-order valence-electron chi connectivity index (χ4n) is 4.81. The molecule has 0 bridgehead atoms. The molecule has 0 amide bonds. The summed E-state index contributed by atoms with van der Waals surface area (Å²) in [5.74, 6) is 0.747. The van der Waals surface area contributed by atoms with Crippen LogP contribution in [-0.2, 0) is 16.1 Å². The van der Waals surface area contributed by atoms with Gasteiger partial charge < -0.3 is 14.2 Å². The number of carbonyl (C=O) groups is 1. The van der Waals surface area contributed by atoms with Gasteiger partial charge in [0.25, 0.3) is 5.56 Å². The standard InChI is InChI=1S/C33H31IN2O5S/c1-6-40-32(38)28-21(4)35-33-36(29(28)24-13-9-20(3)10-14-24)31(37)27(42-33)17-23-15-25(34)30(26(16-23)39-5)41-18-22-11-7-19(2)8-12-22/h7-17,29H,6,18H2,1-5H3/b27-17+/t29-/m1/s1. The number of hydrogen-bond acceptors (Lipinski definition) is 7. The molecule has 0 aliphatic carbocycles. The Kier molecular flexibility index (Phi) is 8.98. The number of aromatic nitrogens is 1. The summed E-state index contributed by atoms with van der Waals surface area (Å²) in [6.45, 7) is 8.23. The van der Waals surface area contributed by atoms with Crippen LogP contribution in [0.25, 0.3) is 6.08 Å². The highest BCUT2D eigenvalue weighted by molar-refractivity contribution is 14.1. The van der Waals surface area contributed by atoms with Gasteiger partial charge in [-0.25, -0.2) is 9.79 Å². The van der Waals surface area contributed by atoms with Gasteiger partial charge in [0.2, 0.25) is 0 Å². The third-order valence-electron chi connectivity index (χ3n) is 6.96. The quantitative estimate of drug-likeness (QED) is 0.177. The van der Waals surface area contributed by atoms with Crippen molar-refractivity contribution in [3.8, 4) is 11.5 Å². The SMILES string of the molecule is CCOC(=O)C1=C(C)N=c2s/c(=C/c3cc(I)c(OCc4ccc(C)cc4)c(OC)c3)c(=O)n2[C@@H]1c1ccc(C)cc1. The first-order valence-electron chi connectivity index (χ1n) is 13.5. The number of nitrogens with zero attached hydrogens (tertiary/aromatic N) is 2. The summed E-state index contributed by atoms with van der Waals surface area (Å²) in [6.07, 6.45) is 1.83. The van der Waals surface area contributed by atoms with Gasteiger partial charge >= 0.3 is 5.97 Å². The molecular weight excluding hydrogens is 663 g/mol. The highest BCUT2D eigenvalue weighted by Gasteiger charge is 2.33. The first kappa shape index (κ1) is 29.8. The fourth-order valence-corrected chi connectivity index (χ4v) is 6.64. The number of fused-ring (bicyclic) bond motifs is 1. The van der Waals surface area contributed by atoms with Crippen LogP contribution in [0.15, 0.2) is 81.7 Å². The van der Waals surface area contributed by atoms with Gasteiger partial charge in [0, 0.05) is 0 Å². The Labute approximate surface area is 261 Å². The van der Waals surface area contributed by atoms with Gasteiger partial charge in [0.1, 0.15) is 6.61 Å². The van der Waals surface area contributed by atoms with Crippen molar-refractivity contribution in [3.63, 3.8) is 0 Å². The lowest BCUT2D eigenvalue weighted by atomic mass is 9.95. The van der Waals surface area contributed by atoms with E-state index in [1.807, 2.05) is 61.5 Å². The molecule has 0 spiro atoms. The zero-order valence-electron chi connectivity index (χ0n) is 24.1. The molecule has 1 aromatic heterocycles. The Bertz CT molecular complexity index is 1850. The molecule has 7 nitrogen and oxygen atoms in total. The second-order valence-electron chi connectivity index (χ2n) is 10.0. The second kappa shape index (κ2) is 12.7. The number of aryl methyl sites for hydroxylation is 2. The summed E-state index contributed by atoms with van der Waals surface area (Å²) in [4.78, 5) is 32.2. The van der Waals surface area contributed by atoms with E-state index < -0.39 is 12.0 Å². The summed E-state index contributed by atoms with van der Waals surface area (Å²) in [6, 6.07) is 19.2. The summed E-state index contributed by atoms with van der Waals surface area (Å²) in [7, 11) is 1.60. The summed E-state index contributed by atoms with van der Waals surface area (Å²) in [5.41, 5.74) is 5.62. The monoisotopic (exact) mass is 694 g/mol. The molecule has 3 aromatic carbocycles. The summed E-state index contributed by atoms with van der Waals surface area (Å²) in [5, 5.41) is 0. The van der Waals surface area contributed by atoms with E-state index in [0.717, 1.165) is 25.8 Å². The molecule has 0 N–H and O–H groups in total. The lowest BCUT2D eigenvalue weighted by molar-refractivity contribution is -0.139. The van der Waals surface area contributed by atoms with Crippen molar-refractivity contribution in [2.75, 3.05) is 13.7 Å². The van der Waals surface area contributed by atoms with E-state index in [-0.39, 0.29) is 12.2 Å². The van der Waals surface area contributed by atoms with Crippen molar-refractivity contribution >= 4 is 46.0 Å². The van der Waals surface area contributed by atoms with Crippen LogP contribution in [0.1, 0.15) is 47.7 Å². The maximum Gasteiger partial charge on any atom is 0.338 e. The van der Waals surface area contributed by atoms with Gasteiger partial charge in [0.05, 0.1) is 39.1 Å². The van der Waals surface area contributed by atoms with Crippen molar-refractivity contribution in [2.24, 2.45) is 4.99 Å². The van der Waals surface area contributed by atoms with E-state index in [1.54, 1.807) is 25.5 Å². The molecule has 9 heteroatoms. The molecule has 0 saturated carbocycles. The third kappa shape index (κ3) is 6.07. The molecular formula is C33H31IN2O5S. The van der Waals surface area contributed by atoms with Crippen molar-refractivity contribution in [1.82, 2.24) is 4.57 Å². The number of carbonyl (C=O) groups excluding carboxylic acids is 1. The third-order valence-corrected chi connectivity index (χ3v) is 8.75. The smallest absolute Gasteiger partial charge is 0.338 e.